The smallest absolute Gasteiger partial charge is 0.348 e. The van der Waals surface area contributed by atoms with Crippen molar-refractivity contribution < 1.29 is 28.9 Å². The lowest BCUT2D eigenvalue weighted by molar-refractivity contribution is -0.166. The predicted molar refractivity (Wildman–Crippen MR) is 95.8 cm³/mol. The van der Waals surface area contributed by atoms with E-state index in [-0.39, 0.29) is 17.2 Å². The Morgan fingerprint density at radius 1 is 1.19 bits per heavy atom. The first-order valence-corrected chi connectivity index (χ1v) is 8.73. The minimum absolute atomic E-state index is 0.00922. The summed E-state index contributed by atoms with van der Waals surface area (Å²) in [5.41, 5.74) is -0.534. The maximum atomic E-state index is 12.7. The lowest BCUT2D eigenvalue weighted by Crippen LogP contribution is -2.44. The van der Waals surface area contributed by atoms with Crippen molar-refractivity contribution in [2.45, 2.75) is 45.3 Å². The fraction of sp³-hybridized carbons (Fsp3) is 0.579. The molecular formula is C19H27NO6. The number of piperidine rings is 1. The monoisotopic (exact) mass is 365 g/mol. The molecule has 26 heavy (non-hydrogen) atoms. The molecule has 0 aromatic heterocycles. The molecule has 2 N–H and O–H groups in total. The van der Waals surface area contributed by atoms with E-state index in [2.05, 4.69) is 5.32 Å². The van der Waals surface area contributed by atoms with Gasteiger partial charge in [-0.3, -0.25) is 0 Å². The van der Waals surface area contributed by atoms with Crippen LogP contribution in [0, 0.1) is 5.92 Å². The van der Waals surface area contributed by atoms with Crippen molar-refractivity contribution in [3.8, 4) is 11.5 Å². The number of carbonyl (C=O) groups excluding carboxylic acids is 1. The molecule has 1 unspecified atom stereocenters. The van der Waals surface area contributed by atoms with Crippen LogP contribution in [0.5, 0.6) is 11.5 Å². The number of nitrogens with one attached hydrogen (secondary N) is 1. The second-order valence-electron chi connectivity index (χ2n) is 7.33. The van der Waals surface area contributed by atoms with Gasteiger partial charge in [0.15, 0.2) is 17.6 Å². The number of rotatable bonds is 6. The van der Waals surface area contributed by atoms with Crippen molar-refractivity contribution in [1.29, 1.82) is 0 Å². The third-order valence-electron chi connectivity index (χ3n) is 4.12. The summed E-state index contributed by atoms with van der Waals surface area (Å²) >= 11 is 0. The van der Waals surface area contributed by atoms with E-state index in [4.69, 9.17) is 19.3 Å². The molecule has 2 rings (SSSR count). The minimum Gasteiger partial charge on any atom is -0.493 e. The molecule has 1 atom stereocenters. The van der Waals surface area contributed by atoms with Gasteiger partial charge in [-0.15, -0.1) is 0 Å². The highest BCUT2D eigenvalue weighted by molar-refractivity contribution is 5.88. The Balaban J connectivity index is 2.28. The summed E-state index contributed by atoms with van der Waals surface area (Å²) in [6.45, 7) is 7.05. The van der Waals surface area contributed by atoms with Gasteiger partial charge in [0.2, 0.25) is 0 Å². The van der Waals surface area contributed by atoms with E-state index in [0.717, 1.165) is 25.9 Å². The van der Waals surface area contributed by atoms with E-state index in [1.807, 2.05) is 20.8 Å². The number of carboxylic acid groups (broad SMARTS) is 1. The molecule has 144 valence electrons. The minimum atomic E-state index is -1.06. The second kappa shape index (κ2) is 8.40. The zero-order chi connectivity index (χ0) is 19.3. The lowest BCUT2D eigenvalue weighted by atomic mass is 9.92. The summed E-state index contributed by atoms with van der Waals surface area (Å²) in [5, 5.41) is 12.4. The Kier molecular flexibility index (Phi) is 6.47. The Hall–Kier alpha value is -2.28. The van der Waals surface area contributed by atoms with E-state index in [1.54, 1.807) is 0 Å². The van der Waals surface area contributed by atoms with E-state index in [0.29, 0.717) is 5.75 Å². The Labute approximate surface area is 153 Å². The standard InChI is InChI=1S/C19H27NO6/c1-19(2,3)26-18(23)16(12-7-9-20-10-8-12)25-14-6-5-13(17(21)22)11-15(14)24-4/h5-6,11-12,16,20H,7-10H2,1-4H3,(H,21,22). The second-order valence-corrected chi connectivity index (χ2v) is 7.33. The van der Waals surface area contributed by atoms with Crippen LogP contribution in [0.15, 0.2) is 18.2 Å². The summed E-state index contributed by atoms with van der Waals surface area (Å²) in [6.07, 6.45) is 0.805. The molecule has 0 saturated carbocycles. The molecule has 1 aromatic carbocycles. The van der Waals surface area contributed by atoms with Crippen LogP contribution in [0.1, 0.15) is 44.0 Å². The summed E-state index contributed by atoms with van der Waals surface area (Å²) in [5.74, 6) is -0.875. The molecule has 1 aromatic rings. The first kappa shape index (κ1) is 20.0. The number of carbonyl (C=O) groups is 2. The average molecular weight is 365 g/mol. The van der Waals surface area contributed by atoms with Gasteiger partial charge >= 0.3 is 11.9 Å². The van der Waals surface area contributed by atoms with Gasteiger partial charge in [-0.05, 0) is 64.9 Å². The van der Waals surface area contributed by atoms with E-state index in [1.165, 1.54) is 25.3 Å². The Bertz CT molecular complexity index is 646. The first-order valence-electron chi connectivity index (χ1n) is 8.73. The van der Waals surface area contributed by atoms with Crippen LogP contribution in [0.4, 0.5) is 0 Å². The zero-order valence-corrected chi connectivity index (χ0v) is 15.7. The van der Waals surface area contributed by atoms with Gasteiger partial charge < -0.3 is 24.6 Å². The van der Waals surface area contributed by atoms with Gasteiger partial charge in [-0.25, -0.2) is 9.59 Å². The first-order chi connectivity index (χ1) is 12.2. The molecule has 0 aliphatic carbocycles. The van der Waals surface area contributed by atoms with Crippen LogP contribution in [0.2, 0.25) is 0 Å². The van der Waals surface area contributed by atoms with Crippen LogP contribution < -0.4 is 14.8 Å². The molecule has 7 nitrogen and oxygen atoms in total. The average Bonchev–Trinajstić information content (AvgIpc) is 2.58. The molecular weight excluding hydrogens is 338 g/mol. The van der Waals surface area contributed by atoms with Crippen molar-refractivity contribution in [1.82, 2.24) is 5.32 Å². The van der Waals surface area contributed by atoms with Crippen LogP contribution in [0.25, 0.3) is 0 Å². The molecule has 0 radical (unpaired) electrons. The van der Waals surface area contributed by atoms with Crippen molar-refractivity contribution in [3.05, 3.63) is 23.8 Å². The van der Waals surface area contributed by atoms with Crippen molar-refractivity contribution in [2.75, 3.05) is 20.2 Å². The summed E-state index contributed by atoms with van der Waals surface area (Å²) < 4.78 is 16.8. The number of methoxy groups -OCH3 is 1. The quantitative estimate of drug-likeness (QED) is 0.748. The predicted octanol–water partition coefficient (Wildman–Crippen LogP) is 2.48. The maximum Gasteiger partial charge on any atom is 0.348 e. The molecule has 0 spiro atoms. The molecule has 1 saturated heterocycles. The van der Waals surface area contributed by atoms with Gasteiger partial charge in [-0.1, -0.05) is 0 Å². The highest BCUT2D eigenvalue weighted by atomic mass is 16.6. The number of ether oxygens (including phenoxy) is 3. The Morgan fingerprint density at radius 3 is 2.38 bits per heavy atom. The number of hydrogen-bond acceptors (Lipinski definition) is 6. The molecule has 7 heteroatoms. The largest absolute Gasteiger partial charge is 0.493 e. The SMILES string of the molecule is COc1cc(C(=O)O)ccc1OC(C(=O)OC(C)(C)C)C1CCNCC1. The summed E-state index contributed by atoms with van der Waals surface area (Å²) in [6, 6.07) is 4.32. The number of hydrogen-bond donors (Lipinski definition) is 2. The number of aromatic carboxylic acids is 1. The number of carboxylic acids is 1. The fourth-order valence-electron chi connectivity index (χ4n) is 2.88. The summed E-state index contributed by atoms with van der Waals surface area (Å²) in [4.78, 5) is 23.9. The van der Waals surface area contributed by atoms with Crippen molar-refractivity contribution in [3.63, 3.8) is 0 Å². The molecule has 0 bridgehead atoms. The molecule has 1 aliphatic heterocycles. The van der Waals surface area contributed by atoms with Gasteiger partial charge in [0.05, 0.1) is 12.7 Å². The van der Waals surface area contributed by atoms with E-state index < -0.39 is 23.6 Å². The van der Waals surface area contributed by atoms with Crippen LogP contribution in [-0.2, 0) is 9.53 Å². The molecule has 1 fully saturated rings. The van der Waals surface area contributed by atoms with Crippen LogP contribution >= 0.6 is 0 Å². The van der Waals surface area contributed by atoms with E-state index in [9.17, 15) is 9.59 Å². The Morgan fingerprint density at radius 2 is 1.85 bits per heavy atom. The van der Waals surface area contributed by atoms with Gasteiger partial charge in [0, 0.05) is 5.92 Å². The third-order valence-corrected chi connectivity index (χ3v) is 4.12. The van der Waals surface area contributed by atoms with Crippen LogP contribution in [-0.4, -0.2) is 48.9 Å². The third kappa shape index (κ3) is 5.36. The lowest BCUT2D eigenvalue weighted by Gasteiger charge is -2.32. The van der Waals surface area contributed by atoms with Crippen LogP contribution in [0.3, 0.4) is 0 Å². The fourth-order valence-corrected chi connectivity index (χ4v) is 2.88. The highest BCUT2D eigenvalue weighted by Gasteiger charge is 2.35. The van der Waals surface area contributed by atoms with E-state index >= 15 is 0 Å². The topological polar surface area (TPSA) is 94.1 Å². The molecule has 1 aliphatic rings. The number of esters is 1. The van der Waals surface area contributed by atoms with Gasteiger partial charge in [0.1, 0.15) is 5.60 Å². The van der Waals surface area contributed by atoms with Crippen molar-refractivity contribution in [2.24, 2.45) is 5.92 Å². The normalized spacial score (nSPS) is 16.6. The maximum absolute atomic E-state index is 12.7. The van der Waals surface area contributed by atoms with Gasteiger partial charge in [0.25, 0.3) is 0 Å². The highest BCUT2D eigenvalue weighted by Crippen LogP contribution is 2.32. The molecule has 1 heterocycles. The zero-order valence-electron chi connectivity index (χ0n) is 15.7. The summed E-state index contributed by atoms with van der Waals surface area (Å²) in [7, 11) is 1.43. The number of benzene rings is 1. The van der Waals surface area contributed by atoms with Crippen molar-refractivity contribution >= 4 is 11.9 Å². The van der Waals surface area contributed by atoms with Gasteiger partial charge in [-0.2, -0.15) is 0 Å². The molecule has 0 amide bonds.